The van der Waals surface area contributed by atoms with Crippen molar-refractivity contribution in [2.45, 2.75) is 43.9 Å². The van der Waals surface area contributed by atoms with Crippen LogP contribution in [0.3, 0.4) is 0 Å². The second-order valence-electron chi connectivity index (χ2n) is 6.98. The third-order valence-electron chi connectivity index (χ3n) is 4.96. The van der Waals surface area contributed by atoms with Crippen molar-refractivity contribution in [2.24, 2.45) is 0 Å². The number of ether oxygens (including phenoxy) is 2. The Balaban J connectivity index is 1.83. The smallest absolute Gasteiger partial charge is 0.132 e. The van der Waals surface area contributed by atoms with Gasteiger partial charge in [-0.1, -0.05) is 12.1 Å². The summed E-state index contributed by atoms with van der Waals surface area (Å²) in [5.41, 5.74) is 0.641. The molecule has 2 aromatic carbocycles. The van der Waals surface area contributed by atoms with Gasteiger partial charge in [0.1, 0.15) is 47.9 Å². The van der Waals surface area contributed by atoms with Crippen molar-refractivity contribution in [3.8, 4) is 5.75 Å². The third kappa shape index (κ3) is 4.57. The molecule has 1 fully saturated rings. The van der Waals surface area contributed by atoms with Crippen LogP contribution >= 0.6 is 0 Å². The van der Waals surface area contributed by atoms with E-state index < -0.39 is 54.3 Å². The van der Waals surface area contributed by atoms with Crippen molar-refractivity contribution in [3.05, 3.63) is 64.7 Å². The van der Waals surface area contributed by atoms with Gasteiger partial charge in [-0.25, -0.2) is 8.78 Å². The van der Waals surface area contributed by atoms with Crippen molar-refractivity contribution >= 4 is 0 Å². The van der Waals surface area contributed by atoms with Crippen LogP contribution in [-0.2, 0) is 11.2 Å². The molecule has 8 heteroatoms. The monoisotopic (exact) mass is 410 g/mol. The summed E-state index contributed by atoms with van der Waals surface area (Å²) in [7, 11) is 0. The molecule has 6 nitrogen and oxygen atoms in total. The first-order valence-electron chi connectivity index (χ1n) is 9.35. The Morgan fingerprint density at radius 1 is 0.931 bits per heavy atom. The van der Waals surface area contributed by atoms with Gasteiger partial charge in [0.15, 0.2) is 0 Å². The fourth-order valence-corrected chi connectivity index (χ4v) is 3.46. The van der Waals surface area contributed by atoms with E-state index in [1.807, 2.05) is 6.92 Å². The lowest BCUT2D eigenvalue weighted by Crippen LogP contribution is -2.55. The number of aliphatic hydroxyl groups excluding tert-OH is 4. The van der Waals surface area contributed by atoms with Gasteiger partial charge in [0.05, 0.1) is 18.8 Å². The van der Waals surface area contributed by atoms with E-state index in [2.05, 4.69) is 0 Å². The summed E-state index contributed by atoms with van der Waals surface area (Å²) in [5.74, 6) is -1.20. The van der Waals surface area contributed by atoms with Crippen molar-refractivity contribution in [1.29, 1.82) is 0 Å². The van der Waals surface area contributed by atoms with Crippen LogP contribution in [0.25, 0.3) is 0 Å². The zero-order chi connectivity index (χ0) is 21.1. The minimum absolute atomic E-state index is 0.273. The van der Waals surface area contributed by atoms with E-state index in [0.717, 1.165) is 17.7 Å². The molecule has 0 aliphatic carbocycles. The Labute approximate surface area is 167 Å². The summed E-state index contributed by atoms with van der Waals surface area (Å²) in [6, 6.07) is 9.41. The van der Waals surface area contributed by atoms with Crippen LogP contribution in [0.4, 0.5) is 8.78 Å². The topological polar surface area (TPSA) is 99.4 Å². The molecule has 29 heavy (non-hydrogen) atoms. The molecule has 0 spiro atoms. The Morgan fingerprint density at radius 3 is 2.10 bits per heavy atom. The highest BCUT2D eigenvalue weighted by Crippen LogP contribution is 2.35. The van der Waals surface area contributed by atoms with Crippen LogP contribution in [0.1, 0.15) is 29.7 Å². The molecule has 0 bridgehead atoms. The SMILES string of the molecule is CCOc1ccc(Cc2cc(F)c([C@@H]3O[C@H](CO)[C@@H](O)[C@H](O)[C@H]3O)c(F)c2)cc1. The van der Waals surface area contributed by atoms with E-state index in [9.17, 15) is 29.2 Å². The Bertz CT molecular complexity index is 803. The second-order valence-corrected chi connectivity index (χ2v) is 6.98. The van der Waals surface area contributed by atoms with Crippen LogP contribution in [0, 0.1) is 11.6 Å². The van der Waals surface area contributed by atoms with Gasteiger partial charge in [0.25, 0.3) is 0 Å². The maximum atomic E-state index is 14.7. The molecule has 0 radical (unpaired) electrons. The van der Waals surface area contributed by atoms with E-state index in [-0.39, 0.29) is 6.42 Å². The average molecular weight is 410 g/mol. The molecule has 3 rings (SSSR count). The van der Waals surface area contributed by atoms with Crippen LogP contribution in [0.2, 0.25) is 0 Å². The predicted octanol–water partition coefficient (Wildman–Crippen LogP) is 1.47. The minimum atomic E-state index is -1.76. The maximum absolute atomic E-state index is 14.7. The highest BCUT2D eigenvalue weighted by Gasteiger charge is 2.45. The number of aliphatic hydroxyl groups is 4. The molecule has 0 amide bonds. The molecule has 158 valence electrons. The molecular weight excluding hydrogens is 386 g/mol. The fourth-order valence-electron chi connectivity index (χ4n) is 3.46. The lowest BCUT2D eigenvalue weighted by molar-refractivity contribution is -0.232. The van der Waals surface area contributed by atoms with Gasteiger partial charge < -0.3 is 29.9 Å². The van der Waals surface area contributed by atoms with Gasteiger partial charge in [0.2, 0.25) is 0 Å². The van der Waals surface area contributed by atoms with Gasteiger partial charge in [-0.2, -0.15) is 0 Å². The third-order valence-corrected chi connectivity index (χ3v) is 4.96. The summed E-state index contributed by atoms with van der Waals surface area (Å²) >= 11 is 0. The Hall–Kier alpha value is -2.10. The molecule has 0 aromatic heterocycles. The first-order chi connectivity index (χ1) is 13.8. The van der Waals surface area contributed by atoms with E-state index in [1.54, 1.807) is 24.3 Å². The largest absolute Gasteiger partial charge is 0.494 e. The normalized spacial score (nSPS) is 27.1. The van der Waals surface area contributed by atoms with E-state index in [4.69, 9.17) is 9.47 Å². The lowest BCUT2D eigenvalue weighted by Gasteiger charge is -2.40. The van der Waals surface area contributed by atoms with Crippen LogP contribution < -0.4 is 4.74 Å². The standard InChI is InChI=1S/C21H24F2O6/c1-2-28-13-5-3-11(4-6-13)7-12-8-14(22)17(15(23)9-12)21-20(27)19(26)18(25)16(10-24)29-21/h3-6,8-9,16,18-21,24-27H,2,7,10H2,1H3/t16-,18-,19+,20-,21+/m1/s1. The number of hydrogen-bond acceptors (Lipinski definition) is 6. The number of halogens is 2. The van der Waals surface area contributed by atoms with Gasteiger partial charge in [0, 0.05) is 0 Å². The Kier molecular flexibility index (Phi) is 6.81. The van der Waals surface area contributed by atoms with Crippen molar-refractivity contribution in [1.82, 2.24) is 0 Å². The number of benzene rings is 2. The fraction of sp³-hybridized carbons (Fsp3) is 0.429. The zero-order valence-corrected chi connectivity index (χ0v) is 15.8. The van der Waals surface area contributed by atoms with Crippen molar-refractivity contribution in [3.63, 3.8) is 0 Å². The summed E-state index contributed by atoms with van der Waals surface area (Å²) < 4.78 is 40.1. The first kappa shape index (κ1) is 21.6. The van der Waals surface area contributed by atoms with Gasteiger partial charge >= 0.3 is 0 Å². The van der Waals surface area contributed by atoms with Crippen molar-refractivity contribution in [2.75, 3.05) is 13.2 Å². The van der Waals surface area contributed by atoms with Gasteiger partial charge in [-0.3, -0.25) is 0 Å². The number of rotatable bonds is 6. The Morgan fingerprint density at radius 2 is 1.55 bits per heavy atom. The molecule has 1 aliphatic heterocycles. The van der Waals surface area contributed by atoms with Crippen molar-refractivity contribution < 1.29 is 38.7 Å². The quantitative estimate of drug-likeness (QED) is 0.576. The summed E-state index contributed by atoms with van der Waals surface area (Å²) in [5, 5.41) is 39.1. The molecule has 0 unspecified atom stereocenters. The predicted molar refractivity (Wildman–Crippen MR) is 99.5 cm³/mol. The molecule has 5 atom stereocenters. The lowest BCUT2D eigenvalue weighted by atomic mass is 9.90. The summed E-state index contributed by atoms with van der Waals surface area (Å²) in [4.78, 5) is 0. The first-order valence-corrected chi connectivity index (χ1v) is 9.35. The zero-order valence-electron chi connectivity index (χ0n) is 15.8. The van der Waals surface area contributed by atoms with E-state index >= 15 is 0 Å². The highest BCUT2D eigenvalue weighted by atomic mass is 19.1. The van der Waals surface area contributed by atoms with E-state index in [1.165, 1.54) is 0 Å². The molecule has 2 aromatic rings. The second kappa shape index (κ2) is 9.15. The van der Waals surface area contributed by atoms with Crippen LogP contribution in [0.5, 0.6) is 5.75 Å². The molecule has 1 heterocycles. The summed E-state index contributed by atoms with van der Waals surface area (Å²) in [6.45, 7) is 1.73. The summed E-state index contributed by atoms with van der Waals surface area (Å²) in [6.07, 6.45) is -7.61. The van der Waals surface area contributed by atoms with Crippen LogP contribution in [0.15, 0.2) is 36.4 Å². The molecule has 4 N–H and O–H groups in total. The minimum Gasteiger partial charge on any atom is -0.494 e. The molecule has 1 saturated heterocycles. The average Bonchev–Trinajstić information content (AvgIpc) is 2.69. The van der Waals surface area contributed by atoms with E-state index in [0.29, 0.717) is 17.9 Å². The molecule has 0 saturated carbocycles. The molecule has 1 aliphatic rings. The highest BCUT2D eigenvalue weighted by molar-refractivity contribution is 5.35. The van der Waals surface area contributed by atoms with Gasteiger partial charge in [-0.05, 0) is 48.7 Å². The maximum Gasteiger partial charge on any atom is 0.132 e. The molecular formula is C21H24F2O6. The van der Waals surface area contributed by atoms with Crippen LogP contribution in [-0.4, -0.2) is 58.1 Å². The number of hydrogen-bond donors (Lipinski definition) is 4. The van der Waals surface area contributed by atoms with Gasteiger partial charge in [-0.15, -0.1) is 0 Å².